The maximum atomic E-state index is 4.08. The zero-order valence-electron chi connectivity index (χ0n) is 6.87. The highest BCUT2D eigenvalue weighted by Crippen LogP contribution is 2.22. The van der Waals surface area contributed by atoms with Crippen molar-refractivity contribution in [1.82, 2.24) is 14.8 Å². The number of halogens is 1. The third kappa shape index (κ3) is 1.03. The average Bonchev–Trinajstić information content (AvgIpc) is 2.28. The number of rotatable bonds is 0. The molecule has 0 atom stereocenters. The Morgan fingerprint density at radius 2 is 2.17 bits per heavy atom. The Labute approximate surface area is 78.5 Å². The first-order chi connectivity index (χ1) is 5.68. The molecule has 2 aromatic rings. The lowest BCUT2D eigenvalue weighted by Gasteiger charge is -1.94. The molecule has 2 heterocycles. The van der Waals surface area contributed by atoms with Crippen LogP contribution in [0.5, 0.6) is 0 Å². The molecule has 0 aliphatic carbocycles. The van der Waals surface area contributed by atoms with Gasteiger partial charge in [-0.15, -0.1) is 5.10 Å². The maximum absolute atomic E-state index is 4.08. The van der Waals surface area contributed by atoms with Gasteiger partial charge in [0.2, 0.25) is 0 Å². The molecule has 0 fully saturated rings. The van der Waals surface area contributed by atoms with Crippen LogP contribution in [0.25, 0.3) is 11.0 Å². The third-order valence-electron chi connectivity index (χ3n) is 1.81. The van der Waals surface area contributed by atoms with Gasteiger partial charge in [-0.1, -0.05) is 0 Å². The van der Waals surface area contributed by atoms with Crippen molar-refractivity contribution in [2.75, 3.05) is 0 Å². The van der Waals surface area contributed by atoms with Crippen LogP contribution in [0, 0.1) is 6.92 Å². The molecule has 62 valence electrons. The predicted octanol–water partition coefficient (Wildman–Crippen LogP) is 2.04. The van der Waals surface area contributed by atoms with Crippen LogP contribution >= 0.6 is 15.9 Å². The van der Waals surface area contributed by atoms with Crippen LogP contribution in [0.3, 0.4) is 0 Å². The van der Waals surface area contributed by atoms with Crippen LogP contribution in [0.2, 0.25) is 0 Å². The summed E-state index contributed by atoms with van der Waals surface area (Å²) < 4.78 is 3.02. The summed E-state index contributed by atoms with van der Waals surface area (Å²) in [6, 6.07) is 2.02. The fourth-order valence-corrected chi connectivity index (χ4v) is 1.80. The van der Waals surface area contributed by atoms with E-state index in [0.29, 0.717) is 0 Å². The number of fused-ring (bicyclic) bond motifs is 1. The van der Waals surface area contributed by atoms with Gasteiger partial charge in [0.05, 0.1) is 15.7 Å². The Balaban J connectivity index is 2.90. The second-order valence-electron chi connectivity index (χ2n) is 2.81. The Morgan fingerprint density at radius 3 is 2.92 bits per heavy atom. The number of nitrogens with zero attached hydrogens (tertiary/aromatic N) is 3. The van der Waals surface area contributed by atoms with E-state index < -0.39 is 0 Å². The maximum Gasteiger partial charge on any atom is 0.125 e. The molecule has 2 aromatic heterocycles. The van der Waals surface area contributed by atoms with E-state index in [1.807, 2.05) is 30.8 Å². The van der Waals surface area contributed by atoms with Crippen molar-refractivity contribution < 1.29 is 0 Å². The molecular formula is C8H8BrN3. The highest BCUT2D eigenvalue weighted by molar-refractivity contribution is 9.10. The van der Waals surface area contributed by atoms with E-state index in [9.17, 15) is 0 Å². The molecule has 12 heavy (non-hydrogen) atoms. The number of aromatic nitrogens is 3. The Hall–Kier alpha value is -0.900. The molecule has 4 heteroatoms. The predicted molar refractivity (Wildman–Crippen MR) is 50.9 cm³/mol. The van der Waals surface area contributed by atoms with Crippen molar-refractivity contribution in [1.29, 1.82) is 0 Å². The summed E-state index contributed by atoms with van der Waals surface area (Å²) in [6.45, 7) is 1.94. The van der Waals surface area contributed by atoms with Gasteiger partial charge in [-0.2, -0.15) is 5.10 Å². The first-order valence-corrected chi connectivity index (χ1v) is 4.42. The summed E-state index contributed by atoms with van der Waals surface area (Å²) in [7, 11) is 1.99. The highest BCUT2D eigenvalue weighted by Gasteiger charge is 2.05. The summed E-state index contributed by atoms with van der Waals surface area (Å²) in [5.41, 5.74) is 2.97. The molecular weight excluding hydrogens is 218 g/mol. The van der Waals surface area contributed by atoms with Gasteiger partial charge in [-0.05, 0) is 28.9 Å². The molecule has 0 aliphatic heterocycles. The van der Waals surface area contributed by atoms with E-state index >= 15 is 0 Å². The van der Waals surface area contributed by atoms with E-state index in [1.165, 1.54) is 0 Å². The molecule has 0 radical (unpaired) electrons. The normalized spacial score (nSPS) is 10.9. The summed E-state index contributed by atoms with van der Waals surface area (Å²) in [5.74, 6) is 0. The third-order valence-corrected chi connectivity index (χ3v) is 2.39. The zero-order chi connectivity index (χ0) is 8.72. The Bertz CT molecular complexity index is 433. The van der Waals surface area contributed by atoms with Crippen LogP contribution in [-0.2, 0) is 7.05 Å². The fraction of sp³-hybridized carbons (Fsp3) is 0.250. The fourth-order valence-electron chi connectivity index (χ4n) is 1.21. The van der Waals surface area contributed by atoms with Gasteiger partial charge in [-0.3, -0.25) is 0 Å². The molecule has 3 nitrogen and oxygen atoms in total. The van der Waals surface area contributed by atoms with Crippen molar-refractivity contribution in [2.24, 2.45) is 7.05 Å². The molecule has 0 N–H and O–H groups in total. The first-order valence-electron chi connectivity index (χ1n) is 3.63. The minimum absolute atomic E-state index is 0.920. The van der Waals surface area contributed by atoms with Crippen LogP contribution in [0.4, 0.5) is 0 Å². The molecule has 0 saturated carbocycles. The topological polar surface area (TPSA) is 30.7 Å². The lowest BCUT2D eigenvalue weighted by Crippen LogP contribution is -1.89. The van der Waals surface area contributed by atoms with Crippen LogP contribution in [0.15, 0.2) is 16.7 Å². The highest BCUT2D eigenvalue weighted by atomic mass is 79.9. The van der Waals surface area contributed by atoms with Crippen molar-refractivity contribution in [3.63, 3.8) is 0 Å². The Kier molecular flexibility index (Phi) is 1.65. The van der Waals surface area contributed by atoms with E-state index in [2.05, 4.69) is 26.1 Å². The van der Waals surface area contributed by atoms with Crippen LogP contribution < -0.4 is 0 Å². The van der Waals surface area contributed by atoms with E-state index in [4.69, 9.17) is 0 Å². The SMILES string of the molecule is Cc1cc2c(nn1)c(Br)cn2C. The van der Waals surface area contributed by atoms with E-state index in [-0.39, 0.29) is 0 Å². The van der Waals surface area contributed by atoms with Gasteiger partial charge < -0.3 is 4.57 Å². The molecule has 0 amide bonds. The van der Waals surface area contributed by atoms with Crippen LogP contribution in [0.1, 0.15) is 5.69 Å². The van der Waals surface area contributed by atoms with Crippen molar-refractivity contribution >= 4 is 27.0 Å². The molecule has 0 saturated heterocycles. The molecule has 0 aliphatic rings. The number of hydrogen-bond acceptors (Lipinski definition) is 2. The van der Waals surface area contributed by atoms with Crippen molar-refractivity contribution in [2.45, 2.75) is 6.92 Å². The quantitative estimate of drug-likeness (QED) is 0.688. The standard InChI is InChI=1S/C8H8BrN3/c1-5-3-7-8(11-10-5)6(9)4-12(7)2/h3-4H,1-2H3. The van der Waals surface area contributed by atoms with Gasteiger partial charge >= 0.3 is 0 Å². The second kappa shape index (κ2) is 2.55. The summed E-state index contributed by atoms with van der Waals surface area (Å²) in [4.78, 5) is 0. The molecule has 2 rings (SSSR count). The van der Waals surface area contributed by atoms with Gasteiger partial charge in [0.25, 0.3) is 0 Å². The summed E-state index contributed by atoms with van der Waals surface area (Å²) in [5, 5.41) is 8.07. The van der Waals surface area contributed by atoms with E-state index in [0.717, 1.165) is 21.2 Å². The Morgan fingerprint density at radius 1 is 1.42 bits per heavy atom. The van der Waals surface area contributed by atoms with Gasteiger partial charge in [0, 0.05) is 13.2 Å². The smallest absolute Gasteiger partial charge is 0.125 e. The van der Waals surface area contributed by atoms with Crippen molar-refractivity contribution in [3.8, 4) is 0 Å². The minimum Gasteiger partial charge on any atom is -0.348 e. The minimum atomic E-state index is 0.920. The lowest BCUT2D eigenvalue weighted by molar-refractivity contribution is 0.953. The summed E-state index contributed by atoms with van der Waals surface area (Å²) >= 11 is 3.42. The number of hydrogen-bond donors (Lipinski definition) is 0. The number of aryl methyl sites for hydroxylation is 2. The van der Waals surface area contributed by atoms with Gasteiger partial charge in [0.1, 0.15) is 5.52 Å². The molecule has 0 aromatic carbocycles. The monoisotopic (exact) mass is 225 g/mol. The molecule has 0 unspecified atom stereocenters. The van der Waals surface area contributed by atoms with E-state index in [1.54, 1.807) is 0 Å². The van der Waals surface area contributed by atoms with Gasteiger partial charge in [0.15, 0.2) is 0 Å². The molecule has 0 spiro atoms. The first kappa shape index (κ1) is 7.73. The van der Waals surface area contributed by atoms with Crippen LogP contribution in [-0.4, -0.2) is 14.8 Å². The largest absolute Gasteiger partial charge is 0.348 e. The molecule has 0 bridgehead atoms. The average molecular weight is 226 g/mol. The van der Waals surface area contributed by atoms with Gasteiger partial charge in [-0.25, -0.2) is 0 Å². The summed E-state index contributed by atoms with van der Waals surface area (Å²) in [6.07, 6.45) is 1.98. The zero-order valence-corrected chi connectivity index (χ0v) is 8.46. The lowest BCUT2D eigenvalue weighted by atomic mass is 10.4. The van der Waals surface area contributed by atoms with Crippen molar-refractivity contribution in [3.05, 3.63) is 22.4 Å². The second-order valence-corrected chi connectivity index (χ2v) is 3.66.